The topological polar surface area (TPSA) is 197 Å². The fraction of sp³-hybridized carbons (Fsp3) is 0.400. The van der Waals surface area contributed by atoms with E-state index >= 15 is 8.78 Å². The first kappa shape index (κ1) is 41.9. The lowest BCUT2D eigenvalue weighted by atomic mass is 9.95. The number of halogens is 2. The van der Waals surface area contributed by atoms with Crippen LogP contribution in [0.1, 0.15) is 80.1 Å². The number of esters is 1. The normalized spacial score (nSPS) is 15.2. The summed E-state index contributed by atoms with van der Waals surface area (Å²) in [7, 11) is -2.89. The van der Waals surface area contributed by atoms with Crippen molar-refractivity contribution in [2.24, 2.45) is 12.5 Å². The molecule has 1 saturated carbocycles. The van der Waals surface area contributed by atoms with Crippen LogP contribution in [0.25, 0.3) is 5.82 Å². The summed E-state index contributed by atoms with van der Waals surface area (Å²) in [4.78, 5) is 69.7. The van der Waals surface area contributed by atoms with Gasteiger partial charge in [0, 0.05) is 48.9 Å². The molecule has 58 heavy (non-hydrogen) atoms. The van der Waals surface area contributed by atoms with E-state index in [0.29, 0.717) is 60.5 Å². The standard InChI is InChI=1S/C40H44F2N6O9S/c1-40(2,3)38(52)44-24-11-13-26(14-12-24)58(54,55)46-31-20-29(41)27(19-30(31)42)35(49)45-32(37(51)57-25-8-6-5-7-9-25)18-23-10-15-34(43-21-23)48-36(50)28-22-56-17-16-33(28)47(4)39(48)53/h10-15,19-21,25,32,46H,5-9,16-18,22H2,1-4H3,(H,44,52)(H,45,49)/t32-/m0/s1. The van der Waals surface area contributed by atoms with Crippen LogP contribution in [0.15, 0.2) is 69.2 Å². The summed E-state index contributed by atoms with van der Waals surface area (Å²) in [5.41, 5.74) is -1.83. The van der Waals surface area contributed by atoms with Crippen LogP contribution in [0.5, 0.6) is 0 Å². The smallest absolute Gasteiger partial charge is 0.336 e. The molecule has 1 aliphatic heterocycles. The van der Waals surface area contributed by atoms with Crippen LogP contribution in [0, 0.1) is 17.0 Å². The van der Waals surface area contributed by atoms with Gasteiger partial charge in [0.25, 0.3) is 21.5 Å². The van der Waals surface area contributed by atoms with Gasteiger partial charge in [0.15, 0.2) is 0 Å². The van der Waals surface area contributed by atoms with Gasteiger partial charge in [0.1, 0.15) is 29.6 Å². The number of carbonyl (C=O) groups is 3. The number of anilines is 2. The quantitative estimate of drug-likeness (QED) is 0.184. The molecule has 0 bridgehead atoms. The second kappa shape index (κ2) is 17.0. The summed E-state index contributed by atoms with van der Waals surface area (Å²) in [5, 5.41) is 5.09. The number of aromatic nitrogens is 3. The number of benzene rings is 2. The summed E-state index contributed by atoms with van der Waals surface area (Å²) in [5.74, 6) is -4.85. The molecule has 2 aromatic carbocycles. The summed E-state index contributed by atoms with van der Waals surface area (Å²) < 4.78 is 72.5. The molecule has 0 saturated heterocycles. The number of rotatable bonds is 11. The lowest BCUT2D eigenvalue weighted by molar-refractivity contribution is -0.152. The van der Waals surface area contributed by atoms with E-state index in [2.05, 4.69) is 15.6 Å². The van der Waals surface area contributed by atoms with Crippen molar-refractivity contribution in [2.45, 2.75) is 89.4 Å². The maximum absolute atomic E-state index is 15.5. The third kappa shape index (κ3) is 9.34. The highest BCUT2D eigenvalue weighted by Crippen LogP contribution is 2.26. The van der Waals surface area contributed by atoms with Crippen molar-refractivity contribution in [1.82, 2.24) is 19.4 Å². The molecule has 1 atom stereocenters. The Morgan fingerprint density at radius 3 is 2.36 bits per heavy atom. The monoisotopic (exact) mass is 822 g/mol. The Morgan fingerprint density at radius 1 is 1.00 bits per heavy atom. The fourth-order valence-corrected chi connectivity index (χ4v) is 7.68. The molecule has 3 N–H and O–H groups in total. The van der Waals surface area contributed by atoms with E-state index < -0.39 is 73.6 Å². The molecule has 1 aliphatic carbocycles. The summed E-state index contributed by atoms with van der Waals surface area (Å²) in [6.07, 6.45) is 5.01. The van der Waals surface area contributed by atoms with Gasteiger partial charge < -0.3 is 20.1 Å². The van der Waals surface area contributed by atoms with Crippen molar-refractivity contribution in [3.05, 3.63) is 110 Å². The molecular weight excluding hydrogens is 779 g/mol. The molecule has 3 heterocycles. The van der Waals surface area contributed by atoms with E-state index in [4.69, 9.17) is 9.47 Å². The van der Waals surface area contributed by atoms with Crippen LogP contribution in [0.2, 0.25) is 0 Å². The van der Waals surface area contributed by atoms with Gasteiger partial charge in [0.05, 0.1) is 34.9 Å². The minimum absolute atomic E-state index is 0.0166. The minimum atomic E-state index is -4.45. The molecule has 1 fully saturated rings. The molecule has 4 aromatic rings. The first-order chi connectivity index (χ1) is 27.4. The molecule has 2 amide bonds. The van der Waals surface area contributed by atoms with Crippen molar-refractivity contribution in [3.63, 3.8) is 0 Å². The fourth-order valence-electron chi connectivity index (χ4n) is 6.62. The van der Waals surface area contributed by atoms with Gasteiger partial charge in [-0.25, -0.2) is 36.3 Å². The summed E-state index contributed by atoms with van der Waals surface area (Å²) >= 11 is 0. The maximum atomic E-state index is 15.5. The minimum Gasteiger partial charge on any atom is -0.461 e. The number of nitrogens with zero attached hydrogens (tertiary/aromatic N) is 3. The number of nitrogens with one attached hydrogen (secondary N) is 3. The molecule has 15 nitrogen and oxygen atoms in total. The van der Waals surface area contributed by atoms with Crippen LogP contribution in [-0.2, 0) is 55.6 Å². The zero-order valence-electron chi connectivity index (χ0n) is 32.4. The average molecular weight is 823 g/mol. The van der Waals surface area contributed by atoms with Crippen LogP contribution >= 0.6 is 0 Å². The predicted octanol–water partition coefficient (Wildman–Crippen LogP) is 4.28. The Labute approximate surface area is 332 Å². The van der Waals surface area contributed by atoms with Crippen molar-refractivity contribution in [2.75, 3.05) is 16.6 Å². The number of fused-ring (bicyclic) bond motifs is 1. The molecule has 0 radical (unpaired) electrons. The molecule has 18 heteroatoms. The van der Waals surface area contributed by atoms with Gasteiger partial charge in [-0.3, -0.25) is 23.7 Å². The highest BCUT2D eigenvalue weighted by Gasteiger charge is 2.30. The van der Waals surface area contributed by atoms with E-state index in [-0.39, 0.29) is 29.6 Å². The number of pyridine rings is 1. The second-order valence-electron chi connectivity index (χ2n) is 15.3. The molecule has 308 valence electrons. The molecule has 0 unspecified atom stereocenters. The first-order valence-electron chi connectivity index (χ1n) is 18.7. The number of hydrogen-bond donors (Lipinski definition) is 3. The highest BCUT2D eigenvalue weighted by atomic mass is 32.2. The van der Waals surface area contributed by atoms with Crippen molar-refractivity contribution < 1.29 is 41.1 Å². The zero-order valence-corrected chi connectivity index (χ0v) is 33.2. The number of ether oxygens (including phenoxy) is 2. The third-order valence-electron chi connectivity index (χ3n) is 9.97. The number of carbonyl (C=O) groups excluding carboxylic acids is 3. The molecule has 2 aromatic heterocycles. The number of hydrogen-bond acceptors (Lipinski definition) is 10. The number of amides is 2. The Balaban J connectivity index is 1.20. The molecule has 0 spiro atoms. The first-order valence-corrected chi connectivity index (χ1v) is 20.2. The van der Waals surface area contributed by atoms with Crippen LogP contribution in [-0.4, -0.2) is 59.1 Å². The van der Waals surface area contributed by atoms with E-state index in [1.54, 1.807) is 27.8 Å². The third-order valence-corrected chi connectivity index (χ3v) is 11.4. The van der Waals surface area contributed by atoms with Crippen molar-refractivity contribution in [1.29, 1.82) is 0 Å². The molecular formula is C40H44F2N6O9S. The van der Waals surface area contributed by atoms with E-state index in [0.717, 1.165) is 23.8 Å². The van der Waals surface area contributed by atoms with Gasteiger partial charge in [-0.2, -0.15) is 0 Å². The van der Waals surface area contributed by atoms with Gasteiger partial charge in [0.2, 0.25) is 5.91 Å². The van der Waals surface area contributed by atoms with Gasteiger partial charge in [-0.1, -0.05) is 33.3 Å². The van der Waals surface area contributed by atoms with E-state index in [9.17, 15) is 32.4 Å². The number of sulfonamides is 1. The van der Waals surface area contributed by atoms with Gasteiger partial charge in [-0.05, 0) is 67.6 Å². The summed E-state index contributed by atoms with van der Waals surface area (Å²) in [6.45, 7) is 5.55. The SMILES string of the molecule is Cn1c2c(c(=O)n(-c3ccc(C[C@H](NC(=O)c4cc(F)c(NS(=O)(=O)c5ccc(NC(=O)C(C)(C)C)cc5)cc4F)C(=O)OC4CCCCC4)cn3)c1=O)COCC2. The zero-order chi connectivity index (χ0) is 41.9. The molecule has 6 rings (SSSR count). The van der Waals surface area contributed by atoms with Crippen LogP contribution in [0.3, 0.4) is 0 Å². The van der Waals surface area contributed by atoms with Crippen LogP contribution in [0.4, 0.5) is 20.2 Å². The van der Waals surface area contributed by atoms with E-state index in [1.165, 1.54) is 47.2 Å². The predicted molar refractivity (Wildman–Crippen MR) is 208 cm³/mol. The summed E-state index contributed by atoms with van der Waals surface area (Å²) in [6, 6.07) is 7.57. The van der Waals surface area contributed by atoms with Crippen LogP contribution < -0.4 is 26.6 Å². The van der Waals surface area contributed by atoms with Gasteiger partial charge in [-0.15, -0.1) is 0 Å². The highest BCUT2D eigenvalue weighted by molar-refractivity contribution is 7.92. The Kier molecular flexibility index (Phi) is 12.3. The maximum Gasteiger partial charge on any atom is 0.336 e. The second-order valence-corrected chi connectivity index (χ2v) is 17.0. The van der Waals surface area contributed by atoms with E-state index in [1.807, 2.05) is 4.72 Å². The van der Waals surface area contributed by atoms with Gasteiger partial charge >= 0.3 is 11.7 Å². The Bertz CT molecular complexity index is 2460. The lowest BCUT2D eigenvalue weighted by Gasteiger charge is -2.25. The van der Waals surface area contributed by atoms with Crippen molar-refractivity contribution in [3.8, 4) is 5.82 Å². The molecule has 2 aliphatic rings. The lowest BCUT2D eigenvalue weighted by Crippen LogP contribution is -2.45. The Morgan fingerprint density at radius 2 is 1.71 bits per heavy atom. The largest absolute Gasteiger partial charge is 0.461 e. The average Bonchev–Trinajstić information content (AvgIpc) is 3.18. The Hall–Kier alpha value is -5.75. The van der Waals surface area contributed by atoms with Crippen molar-refractivity contribution >= 4 is 39.2 Å².